The van der Waals surface area contributed by atoms with E-state index in [0.29, 0.717) is 29.0 Å². The summed E-state index contributed by atoms with van der Waals surface area (Å²) < 4.78 is 35.9. The molecule has 8 heteroatoms. The van der Waals surface area contributed by atoms with Crippen LogP contribution in [0.4, 0.5) is 4.39 Å². The summed E-state index contributed by atoms with van der Waals surface area (Å²) in [6, 6.07) is 2.74. The highest BCUT2D eigenvalue weighted by molar-refractivity contribution is 7.85. The molecule has 0 fully saturated rings. The first-order valence-corrected chi connectivity index (χ1v) is 8.66. The van der Waals surface area contributed by atoms with Crippen molar-refractivity contribution in [3.63, 3.8) is 0 Å². The molecule has 0 aromatic heterocycles. The molecule has 24 heavy (non-hydrogen) atoms. The minimum Gasteiger partial charge on any atom is -0.486 e. The van der Waals surface area contributed by atoms with Crippen molar-refractivity contribution in [1.29, 1.82) is 0 Å². The van der Waals surface area contributed by atoms with Gasteiger partial charge in [0.15, 0.2) is 0 Å². The molecular weight excluding hydrogens is 331 g/mol. The van der Waals surface area contributed by atoms with Gasteiger partial charge in [-0.05, 0) is 52.3 Å². The number of halogens is 1. The van der Waals surface area contributed by atoms with Crippen LogP contribution in [0.3, 0.4) is 0 Å². The molecule has 0 spiro atoms. The second-order valence-corrected chi connectivity index (χ2v) is 9.00. The smallest absolute Gasteiger partial charge is 0.145 e. The van der Waals surface area contributed by atoms with E-state index in [-0.39, 0.29) is 6.54 Å². The SMILES string of the molecule is CC(=N[S@](=O)C(C)(C)C)c1cc(F)cc2c1O[C@@](C)(CN=[N+]=[N-])C2. The van der Waals surface area contributed by atoms with Gasteiger partial charge >= 0.3 is 0 Å². The fourth-order valence-corrected chi connectivity index (χ4v) is 3.06. The summed E-state index contributed by atoms with van der Waals surface area (Å²) in [5.74, 6) is 0.107. The van der Waals surface area contributed by atoms with Gasteiger partial charge < -0.3 is 4.74 Å². The minimum atomic E-state index is -1.45. The van der Waals surface area contributed by atoms with Crippen LogP contribution in [-0.4, -0.2) is 26.8 Å². The van der Waals surface area contributed by atoms with Crippen LogP contribution in [-0.2, 0) is 17.4 Å². The van der Waals surface area contributed by atoms with E-state index < -0.39 is 27.2 Å². The zero-order chi connectivity index (χ0) is 18.1. The Hall–Kier alpha value is -1.92. The first kappa shape index (κ1) is 18.4. The normalized spacial score (nSPS) is 21.7. The molecule has 1 heterocycles. The molecule has 6 nitrogen and oxygen atoms in total. The number of fused-ring (bicyclic) bond motifs is 1. The Morgan fingerprint density at radius 3 is 2.75 bits per heavy atom. The lowest BCUT2D eigenvalue weighted by atomic mass is 9.98. The number of benzene rings is 1. The summed E-state index contributed by atoms with van der Waals surface area (Å²) in [6.07, 6.45) is 0.432. The Labute approximate surface area is 143 Å². The van der Waals surface area contributed by atoms with E-state index in [9.17, 15) is 8.60 Å². The van der Waals surface area contributed by atoms with Crippen LogP contribution in [0, 0.1) is 5.82 Å². The van der Waals surface area contributed by atoms with E-state index >= 15 is 0 Å². The Balaban J connectivity index is 2.44. The third-order valence-electron chi connectivity index (χ3n) is 3.65. The van der Waals surface area contributed by atoms with Gasteiger partial charge in [-0.25, -0.2) is 8.60 Å². The summed E-state index contributed by atoms with van der Waals surface area (Å²) in [5.41, 5.74) is 9.41. The highest BCUT2D eigenvalue weighted by Gasteiger charge is 2.36. The highest BCUT2D eigenvalue weighted by atomic mass is 32.2. The molecule has 2 atom stereocenters. The largest absolute Gasteiger partial charge is 0.486 e. The molecule has 1 aliphatic rings. The standard InChI is InChI=1S/C16H21FN4O2S/c1-10(20-24(22)15(2,3)4)13-7-12(17)6-11-8-16(5,9-19-21-18)23-14(11)13/h6-7H,8-9H2,1-5H3/t16-,24-/m1/s1. The third kappa shape index (κ3) is 3.94. The summed E-state index contributed by atoms with van der Waals surface area (Å²) in [7, 11) is -1.45. The molecule has 1 aromatic rings. The van der Waals surface area contributed by atoms with E-state index in [0.717, 1.165) is 0 Å². The van der Waals surface area contributed by atoms with Crippen molar-refractivity contribution in [3.8, 4) is 5.75 Å². The van der Waals surface area contributed by atoms with E-state index in [4.69, 9.17) is 10.3 Å². The number of ether oxygens (including phenoxy) is 1. The number of hydrogen-bond donors (Lipinski definition) is 0. The summed E-state index contributed by atoms with van der Waals surface area (Å²) in [6.45, 7) is 9.10. The van der Waals surface area contributed by atoms with Crippen molar-refractivity contribution in [2.24, 2.45) is 9.51 Å². The number of azide groups is 1. The molecule has 0 radical (unpaired) electrons. The lowest BCUT2D eigenvalue weighted by molar-refractivity contribution is 0.125. The van der Waals surface area contributed by atoms with Gasteiger partial charge in [-0.2, -0.15) is 4.40 Å². The van der Waals surface area contributed by atoms with Gasteiger partial charge in [-0.1, -0.05) is 5.11 Å². The lowest BCUT2D eigenvalue weighted by Gasteiger charge is -2.22. The maximum Gasteiger partial charge on any atom is 0.145 e. The van der Waals surface area contributed by atoms with Gasteiger partial charge in [-0.3, -0.25) is 0 Å². The zero-order valence-corrected chi connectivity index (χ0v) is 15.3. The van der Waals surface area contributed by atoms with Crippen LogP contribution in [0.25, 0.3) is 10.4 Å². The molecule has 0 N–H and O–H groups in total. The maximum absolute atomic E-state index is 14.0. The minimum absolute atomic E-state index is 0.142. The van der Waals surface area contributed by atoms with E-state index in [1.807, 2.05) is 27.7 Å². The van der Waals surface area contributed by atoms with Gasteiger partial charge in [-0.15, -0.1) is 0 Å². The average molecular weight is 352 g/mol. The molecule has 0 unspecified atom stereocenters. The molecule has 130 valence electrons. The van der Waals surface area contributed by atoms with Crippen molar-refractivity contribution < 1.29 is 13.3 Å². The lowest BCUT2D eigenvalue weighted by Crippen LogP contribution is -2.33. The monoisotopic (exact) mass is 352 g/mol. The Morgan fingerprint density at radius 2 is 2.17 bits per heavy atom. The fraction of sp³-hybridized carbons (Fsp3) is 0.562. The quantitative estimate of drug-likeness (QED) is 0.353. The zero-order valence-electron chi connectivity index (χ0n) is 14.5. The van der Waals surface area contributed by atoms with Crippen LogP contribution in [0.2, 0.25) is 0 Å². The van der Waals surface area contributed by atoms with Gasteiger partial charge in [0.2, 0.25) is 0 Å². The maximum atomic E-state index is 14.0. The summed E-state index contributed by atoms with van der Waals surface area (Å²) in [4.78, 5) is 2.76. The highest BCUT2D eigenvalue weighted by Crippen LogP contribution is 2.39. The Bertz CT molecular complexity index is 766. The predicted molar refractivity (Wildman–Crippen MR) is 93.3 cm³/mol. The first-order valence-electron chi connectivity index (χ1n) is 7.56. The first-order chi connectivity index (χ1) is 11.1. The molecule has 0 amide bonds. The summed E-state index contributed by atoms with van der Waals surface area (Å²) in [5, 5.41) is 3.57. The second kappa shape index (κ2) is 6.53. The Kier molecular flexibility index (Phi) is 5.01. The van der Waals surface area contributed by atoms with Crippen molar-refractivity contribution in [1.82, 2.24) is 0 Å². The van der Waals surface area contributed by atoms with Crippen LogP contribution in [0.15, 0.2) is 21.6 Å². The Morgan fingerprint density at radius 1 is 1.50 bits per heavy atom. The van der Waals surface area contributed by atoms with E-state index in [2.05, 4.69) is 14.4 Å². The second-order valence-electron chi connectivity index (χ2n) is 7.10. The summed E-state index contributed by atoms with van der Waals surface area (Å²) >= 11 is 0. The van der Waals surface area contributed by atoms with E-state index in [1.54, 1.807) is 6.92 Å². The molecule has 2 rings (SSSR count). The molecule has 0 bridgehead atoms. The van der Waals surface area contributed by atoms with Crippen molar-refractivity contribution >= 4 is 16.7 Å². The van der Waals surface area contributed by atoms with Crippen LogP contribution in [0.1, 0.15) is 45.7 Å². The van der Waals surface area contributed by atoms with Crippen molar-refractivity contribution in [3.05, 3.63) is 39.5 Å². The van der Waals surface area contributed by atoms with Crippen LogP contribution < -0.4 is 4.74 Å². The molecule has 0 saturated heterocycles. The molecule has 0 aliphatic carbocycles. The topological polar surface area (TPSA) is 87.4 Å². The molecule has 1 aromatic carbocycles. The third-order valence-corrected chi connectivity index (χ3v) is 5.13. The molecule has 1 aliphatic heterocycles. The fourth-order valence-electron chi connectivity index (χ4n) is 2.44. The van der Waals surface area contributed by atoms with Crippen LogP contribution >= 0.6 is 0 Å². The van der Waals surface area contributed by atoms with Gasteiger partial charge in [0, 0.05) is 22.5 Å². The number of nitrogens with zero attached hydrogens (tertiary/aromatic N) is 4. The number of hydrogen-bond acceptors (Lipinski definition) is 3. The van der Waals surface area contributed by atoms with Crippen LogP contribution in [0.5, 0.6) is 5.75 Å². The predicted octanol–water partition coefficient (Wildman–Crippen LogP) is 4.10. The van der Waals surface area contributed by atoms with Gasteiger partial charge in [0.25, 0.3) is 0 Å². The van der Waals surface area contributed by atoms with Crippen molar-refractivity contribution in [2.45, 2.75) is 51.4 Å². The van der Waals surface area contributed by atoms with Crippen molar-refractivity contribution in [2.75, 3.05) is 6.54 Å². The molecular formula is C16H21FN4O2S. The average Bonchev–Trinajstić information content (AvgIpc) is 2.79. The van der Waals surface area contributed by atoms with Gasteiger partial charge in [0.1, 0.15) is 28.2 Å². The number of rotatable bonds is 4. The van der Waals surface area contributed by atoms with E-state index in [1.165, 1.54) is 12.1 Å². The molecule has 0 saturated carbocycles. The van der Waals surface area contributed by atoms with Gasteiger partial charge in [0.05, 0.1) is 17.0 Å².